The summed E-state index contributed by atoms with van der Waals surface area (Å²) in [5.41, 5.74) is 6.75. The number of nitrogens with one attached hydrogen (secondary N) is 1. The van der Waals surface area contributed by atoms with Crippen molar-refractivity contribution >= 4 is 44.1 Å². The molecule has 3 aromatic rings. The van der Waals surface area contributed by atoms with Gasteiger partial charge in [0.1, 0.15) is 5.82 Å². The number of hydrogen-bond donors (Lipinski definition) is 2. The third kappa shape index (κ3) is 2.73. The lowest BCUT2D eigenvalue weighted by Gasteiger charge is -2.10. The second-order valence-electron chi connectivity index (χ2n) is 4.57. The van der Waals surface area contributed by atoms with Gasteiger partial charge in [-0.1, -0.05) is 40.2 Å². The lowest BCUT2D eigenvalue weighted by molar-refractivity contribution is 0.102. The third-order valence-corrected chi connectivity index (χ3v) is 3.86. The Labute approximate surface area is 130 Å². The second-order valence-corrected chi connectivity index (χ2v) is 5.42. The van der Waals surface area contributed by atoms with Crippen LogP contribution < -0.4 is 11.1 Å². The zero-order valence-electron chi connectivity index (χ0n) is 11.0. The number of carbonyl (C=O) groups excluding carboxylic acids is 1. The van der Waals surface area contributed by atoms with E-state index in [4.69, 9.17) is 5.73 Å². The standard InChI is InChI=1S/C16H12BrN3O/c17-13-6-7-14(12-4-2-1-3-11(12)13)20-16(21)10-5-8-15(18)19-9-10/h1-9H,(H2,18,19)(H,20,21). The Morgan fingerprint density at radius 3 is 2.52 bits per heavy atom. The van der Waals surface area contributed by atoms with Crippen LogP contribution in [0.5, 0.6) is 0 Å². The van der Waals surface area contributed by atoms with Gasteiger partial charge in [0.2, 0.25) is 0 Å². The van der Waals surface area contributed by atoms with E-state index in [0.29, 0.717) is 11.4 Å². The van der Waals surface area contributed by atoms with Crippen LogP contribution in [0.3, 0.4) is 0 Å². The maximum atomic E-state index is 12.3. The fourth-order valence-electron chi connectivity index (χ4n) is 2.11. The Balaban J connectivity index is 1.97. The minimum Gasteiger partial charge on any atom is -0.384 e. The summed E-state index contributed by atoms with van der Waals surface area (Å²) in [4.78, 5) is 16.2. The Bertz CT molecular complexity index is 815. The Morgan fingerprint density at radius 1 is 1.05 bits per heavy atom. The van der Waals surface area contributed by atoms with Crippen LogP contribution >= 0.6 is 15.9 Å². The number of fused-ring (bicyclic) bond motifs is 1. The van der Waals surface area contributed by atoms with E-state index in [0.717, 1.165) is 20.9 Å². The minimum atomic E-state index is -0.213. The number of aromatic nitrogens is 1. The normalized spacial score (nSPS) is 10.5. The minimum absolute atomic E-state index is 0.213. The van der Waals surface area contributed by atoms with Gasteiger partial charge >= 0.3 is 0 Å². The second kappa shape index (κ2) is 5.54. The van der Waals surface area contributed by atoms with Gasteiger partial charge in [-0.05, 0) is 29.7 Å². The molecule has 0 atom stereocenters. The molecule has 0 fully saturated rings. The number of amides is 1. The van der Waals surface area contributed by atoms with E-state index in [1.165, 1.54) is 6.20 Å². The fourth-order valence-corrected chi connectivity index (χ4v) is 2.58. The molecule has 4 nitrogen and oxygen atoms in total. The van der Waals surface area contributed by atoms with Crippen molar-refractivity contribution in [1.29, 1.82) is 0 Å². The topological polar surface area (TPSA) is 68.0 Å². The number of hydrogen-bond acceptors (Lipinski definition) is 3. The molecule has 1 heterocycles. The SMILES string of the molecule is Nc1ccc(C(=O)Nc2ccc(Br)c3ccccc23)cn1. The highest BCUT2D eigenvalue weighted by Crippen LogP contribution is 2.30. The van der Waals surface area contributed by atoms with E-state index in [2.05, 4.69) is 26.2 Å². The first-order valence-electron chi connectivity index (χ1n) is 6.35. The van der Waals surface area contributed by atoms with Crippen LogP contribution in [0, 0.1) is 0 Å². The Kier molecular flexibility index (Phi) is 3.58. The molecule has 5 heteroatoms. The summed E-state index contributed by atoms with van der Waals surface area (Å²) >= 11 is 3.51. The van der Waals surface area contributed by atoms with Crippen molar-refractivity contribution in [2.45, 2.75) is 0 Å². The average molecular weight is 342 g/mol. The van der Waals surface area contributed by atoms with Crippen LogP contribution in [-0.4, -0.2) is 10.9 Å². The number of carbonyl (C=O) groups is 1. The fraction of sp³-hybridized carbons (Fsp3) is 0. The van der Waals surface area contributed by atoms with Crippen LogP contribution in [0.2, 0.25) is 0 Å². The van der Waals surface area contributed by atoms with Gasteiger partial charge in [0.05, 0.1) is 5.56 Å². The van der Waals surface area contributed by atoms with Crippen LogP contribution in [0.25, 0.3) is 10.8 Å². The molecular formula is C16H12BrN3O. The summed E-state index contributed by atoms with van der Waals surface area (Å²) < 4.78 is 0.991. The number of anilines is 2. The average Bonchev–Trinajstić information content (AvgIpc) is 2.51. The number of nitrogens with two attached hydrogens (primary N) is 1. The summed E-state index contributed by atoms with van der Waals surface area (Å²) in [7, 11) is 0. The molecule has 0 aliphatic heterocycles. The van der Waals surface area contributed by atoms with Gasteiger partial charge in [0, 0.05) is 21.7 Å². The summed E-state index contributed by atoms with van der Waals surface area (Å²) in [6, 6.07) is 14.9. The molecule has 21 heavy (non-hydrogen) atoms. The van der Waals surface area contributed by atoms with Crippen molar-refractivity contribution in [2.75, 3.05) is 11.1 Å². The van der Waals surface area contributed by atoms with Crippen LogP contribution in [0.15, 0.2) is 59.2 Å². The summed E-state index contributed by atoms with van der Waals surface area (Å²) in [5, 5.41) is 4.93. The van der Waals surface area contributed by atoms with Crippen molar-refractivity contribution in [3.63, 3.8) is 0 Å². The maximum Gasteiger partial charge on any atom is 0.257 e. The molecule has 0 aliphatic rings. The molecule has 0 saturated heterocycles. The van der Waals surface area contributed by atoms with Crippen molar-refractivity contribution in [3.05, 3.63) is 64.8 Å². The molecular weight excluding hydrogens is 330 g/mol. The van der Waals surface area contributed by atoms with Gasteiger partial charge in [-0.3, -0.25) is 4.79 Å². The van der Waals surface area contributed by atoms with Gasteiger partial charge in [-0.2, -0.15) is 0 Å². The van der Waals surface area contributed by atoms with E-state index < -0.39 is 0 Å². The molecule has 3 rings (SSSR count). The predicted octanol–water partition coefficient (Wildman–Crippen LogP) is 3.83. The highest BCUT2D eigenvalue weighted by molar-refractivity contribution is 9.10. The zero-order chi connectivity index (χ0) is 14.8. The molecule has 2 aromatic carbocycles. The number of rotatable bonds is 2. The third-order valence-electron chi connectivity index (χ3n) is 3.17. The lowest BCUT2D eigenvalue weighted by atomic mass is 10.1. The Morgan fingerprint density at radius 2 is 1.81 bits per heavy atom. The van der Waals surface area contributed by atoms with E-state index in [1.807, 2.05) is 36.4 Å². The molecule has 0 unspecified atom stereocenters. The summed E-state index contributed by atoms with van der Waals surface area (Å²) in [5.74, 6) is 0.176. The molecule has 0 saturated carbocycles. The van der Waals surface area contributed by atoms with Crippen LogP contribution in [-0.2, 0) is 0 Å². The first-order chi connectivity index (χ1) is 10.1. The predicted molar refractivity (Wildman–Crippen MR) is 88.3 cm³/mol. The number of nitrogen functional groups attached to an aromatic ring is 1. The van der Waals surface area contributed by atoms with Crippen molar-refractivity contribution in [2.24, 2.45) is 0 Å². The van der Waals surface area contributed by atoms with E-state index in [-0.39, 0.29) is 5.91 Å². The van der Waals surface area contributed by atoms with E-state index in [1.54, 1.807) is 12.1 Å². The van der Waals surface area contributed by atoms with Crippen molar-refractivity contribution < 1.29 is 4.79 Å². The highest BCUT2D eigenvalue weighted by atomic mass is 79.9. The number of pyridine rings is 1. The smallest absolute Gasteiger partial charge is 0.257 e. The monoisotopic (exact) mass is 341 g/mol. The number of nitrogens with zero attached hydrogens (tertiary/aromatic N) is 1. The van der Waals surface area contributed by atoms with Crippen molar-refractivity contribution in [1.82, 2.24) is 4.98 Å². The first-order valence-corrected chi connectivity index (χ1v) is 7.14. The van der Waals surface area contributed by atoms with Gasteiger partial charge < -0.3 is 11.1 Å². The number of halogens is 1. The maximum absolute atomic E-state index is 12.3. The first kappa shape index (κ1) is 13.6. The summed E-state index contributed by atoms with van der Waals surface area (Å²) in [6.45, 7) is 0. The molecule has 3 N–H and O–H groups in total. The van der Waals surface area contributed by atoms with Gasteiger partial charge in [-0.15, -0.1) is 0 Å². The molecule has 1 amide bonds. The quantitative estimate of drug-likeness (QED) is 0.744. The van der Waals surface area contributed by atoms with E-state index in [9.17, 15) is 4.79 Å². The molecule has 0 spiro atoms. The summed E-state index contributed by atoms with van der Waals surface area (Å²) in [6.07, 6.45) is 1.46. The number of benzene rings is 2. The largest absolute Gasteiger partial charge is 0.384 e. The van der Waals surface area contributed by atoms with Crippen LogP contribution in [0.1, 0.15) is 10.4 Å². The molecule has 0 bridgehead atoms. The lowest BCUT2D eigenvalue weighted by Crippen LogP contribution is -2.12. The molecule has 0 aliphatic carbocycles. The van der Waals surface area contributed by atoms with Gasteiger partial charge in [0.25, 0.3) is 5.91 Å². The molecule has 0 radical (unpaired) electrons. The molecule has 104 valence electrons. The highest BCUT2D eigenvalue weighted by Gasteiger charge is 2.09. The van der Waals surface area contributed by atoms with Crippen molar-refractivity contribution in [3.8, 4) is 0 Å². The molecule has 1 aromatic heterocycles. The van der Waals surface area contributed by atoms with Crippen LogP contribution in [0.4, 0.5) is 11.5 Å². The van der Waals surface area contributed by atoms with Gasteiger partial charge in [0.15, 0.2) is 0 Å². The Hall–Kier alpha value is -2.40. The van der Waals surface area contributed by atoms with Gasteiger partial charge in [-0.25, -0.2) is 4.98 Å². The zero-order valence-corrected chi connectivity index (χ0v) is 12.6. The van der Waals surface area contributed by atoms with E-state index >= 15 is 0 Å².